The molecule has 0 aliphatic carbocycles. The first-order valence-corrected chi connectivity index (χ1v) is 41.7. The van der Waals surface area contributed by atoms with Gasteiger partial charge in [-0.2, -0.15) is 0 Å². The smallest absolute Gasteiger partial charge is 0.119 e. The van der Waals surface area contributed by atoms with Gasteiger partial charge >= 0.3 is 0 Å². The van der Waals surface area contributed by atoms with Crippen molar-refractivity contribution in [1.82, 2.24) is 0 Å². The third kappa shape index (κ3) is 46.9. The lowest BCUT2D eigenvalue weighted by Crippen LogP contribution is -2.25. The number of hydrogen-bond acceptors (Lipinski definition) is 26. The van der Waals surface area contributed by atoms with Crippen LogP contribution >= 0.6 is 0 Å². The summed E-state index contributed by atoms with van der Waals surface area (Å²) in [5.74, 6) is 15.3. The van der Waals surface area contributed by atoms with Gasteiger partial charge in [0.05, 0.1) is 304 Å². The molecular weight excluding hydrogens is 1550 g/mol. The van der Waals surface area contributed by atoms with Gasteiger partial charge in [0.1, 0.15) is 11.5 Å². The second kappa shape index (κ2) is 69.3. The average Bonchev–Trinajstić information content (AvgIpc) is 0.776. The van der Waals surface area contributed by atoms with Crippen molar-refractivity contribution in [3.8, 4) is 57.4 Å². The van der Waals surface area contributed by atoms with E-state index in [-0.39, 0.29) is 11.8 Å². The molecule has 0 aromatic heterocycles. The molecule has 0 saturated heterocycles. The van der Waals surface area contributed by atoms with Crippen LogP contribution in [0.1, 0.15) is 22.3 Å². The SMILES string of the molecule is COCCOCCOCCOCCOCCOCC(COCCOCCOCCOCCOCCOC)COc1ccc(-c2ccc(C#Cc3cccc4cc5cccc(C#Cc6ccc(-c7ccc(OCC(COCCOCCOCCOCCOCCOC)COCCOCCOCCOCCOCCOC)cc7)cc6)c5cc34)cc2)cc1. The number of ether oxygens (including phenoxy) is 26. The fraction of sp³-hybridized carbons (Fsp3) is 0.553. The minimum Gasteiger partial charge on any atom is -0.493 e. The summed E-state index contributed by atoms with van der Waals surface area (Å²) >= 11 is 0. The predicted molar refractivity (Wildman–Crippen MR) is 459 cm³/mol. The molecule has 0 bridgehead atoms. The molecule has 0 aliphatic heterocycles. The van der Waals surface area contributed by atoms with Gasteiger partial charge in [0, 0.05) is 62.5 Å². The minimum atomic E-state index is -0.0491. The Balaban J connectivity index is 0.852. The molecule has 26 heteroatoms. The van der Waals surface area contributed by atoms with Gasteiger partial charge in [0.15, 0.2) is 0 Å². The van der Waals surface area contributed by atoms with Gasteiger partial charge in [0.2, 0.25) is 0 Å². The number of rotatable bonds is 76. The van der Waals surface area contributed by atoms with Crippen LogP contribution in [-0.2, 0) is 114 Å². The molecule has 0 aliphatic rings. The highest BCUT2D eigenvalue weighted by Crippen LogP contribution is 2.29. The molecule has 7 aromatic carbocycles. The van der Waals surface area contributed by atoms with E-state index in [1.807, 2.05) is 24.3 Å². The first kappa shape index (κ1) is 99.9. The van der Waals surface area contributed by atoms with E-state index in [0.29, 0.717) is 304 Å². The second-order valence-corrected chi connectivity index (χ2v) is 27.0. The van der Waals surface area contributed by atoms with E-state index in [1.165, 1.54) is 0 Å². The van der Waals surface area contributed by atoms with Crippen molar-refractivity contribution < 1.29 is 123 Å². The van der Waals surface area contributed by atoms with Crippen molar-refractivity contribution in [2.45, 2.75) is 0 Å². The van der Waals surface area contributed by atoms with E-state index in [4.69, 9.17) is 123 Å². The minimum absolute atomic E-state index is 0.0491. The fourth-order valence-corrected chi connectivity index (χ4v) is 11.3. The summed E-state index contributed by atoms with van der Waals surface area (Å²) < 4.78 is 146. The molecule has 0 amide bonds. The molecule has 26 nitrogen and oxygen atoms in total. The quantitative estimate of drug-likeness (QED) is 0.0195. The maximum atomic E-state index is 6.33. The second-order valence-electron chi connectivity index (χ2n) is 27.0. The van der Waals surface area contributed by atoms with E-state index >= 15 is 0 Å². The van der Waals surface area contributed by atoms with Crippen molar-refractivity contribution in [2.75, 3.05) is 332 Å². The van der Waals surface area contributed by atoms with Crippen LogP contribution in [0.15, 0.2) is 146 Å². The van der Waals surface area contributed by atoms with Crippen LogP contribution in [0.4, 0.5) is 0 Å². The Bertz CT molecular complexity index is 3440. The van der Waals surface area contributed by atoms with E-state index in [9.17, 15) is 0 Å². The van der Waals surface area contributed by atoms with Crippen LogP contribution in [0.3, 0.4) is 0 Å². The molecule has 120 heavy (non-hydrogen) atoms. The molecule has 7 aromatic rings. The summed E-state index contributed by atoms with van der Waals surface area (Å²) in [5, 5.41) is 4.34. The zero-order chi connectivity index (χ0) is 83.9. The van der Waals surface area contributed by atoms with Gasteiger partial charge in [-0.1, -0.05) is 96.5 Å². The normalized spacial score (nSPS) is 11.5. The number of fused-ring (bicyclic) bond motifs is 2. The Morgan fingerprint density at radius 2 is 0.408 bits per heavy atom. The zero-order valence-corrected chi connectivity index (χ0v) is 71.2. The van der Waals surface area contributed by atoms with Gasteiger partial charge in [-0.05, 0) is 117 Å². The summed E-state index contributed by atoms with van der Waals surface area (Å²) in [6, 6.07) is 49.8. The van der Waals surface area contributed by atoms with Crippen LogP contribution < -0.4 is 9.47 Å². The fourth-order valence-electron chi connectivity index (χ4n) is 11.3. The Morgan fingerprint density at radius 3 is 0.633 bits per heavy atom. The molecule has 0 saturated carbocycles. The zero-order valence-electron chi connectivity index (χ0n) is 71.2. The summed E-state index contributed by atoms with van der Waals surface area (Å²) in [5.41, 5.74) is 7.93. The maximum Gasteiger partial charge on any atom is 0.119 e. The summed E-state index contributed by atoms with van der Waals surface area (Å²) in [6.45, 7) is 22.0. The topological polar surface area (TPSA) is 240 Å². The number of benzene rings is 7. The van der Waals surface area contributed by atoms with Crippen LogP contribution in [0.2, 0.25) is 0 Å². The third-order valence-corrected chi connectivity index (χ3v) is 17.8. The van der Waals surface area contributed by atoms with Gasteiger partial charge in [0.25, 0.3) is 0 Å². The van der Waals surface area contributed by atoms with Crippen molar-refractivity contribution in [3.05, 3.63) is 168 Å². The molecule has 0 fully saturated rings. The highest BCUT2D eigenvalue weighted by Gasteiger charge is 2.15. The van der Waals surface area contributed by atoms with Crippen LogP contribution in [0.25, 0.3) is 43.8 Å². The Labute approximate surface area is 710 Å². The van der Waals surface area contributed by atoms with Crippen LogP contribution in [0, 0.1) is 35.5 Å². The average molecular weight is 1680 g/mol. The Hall–Kier alpha value is -7.18. The van der Waals surface area contributed by atoms with Gasteiger partial charge in [-0.15, -0.1) is 0 Å². The summed E-state index contributed by atoms with van der Waals surface area (Å²) in [4.78, 5) is 0. The summed E-state index contributed by atoms with van der Waals surface area (Å²) in [7, 11) is 6.59. The van der Waals surface area contributed by atoms with Crippen molar-refractivity contribution in [1.29, 1.82) is 0 Å². The van der Waals surface area contributed by atoms with E-state index in [1.54, 1.807) is 28.4 Å². The van der Waals surface area contributed by atoms with Gasteiger partial charge in [-0.3, -0.25) is 0 Å². The van der Waals surface area contributed by atoms with Crippen molar-refractivity contribution in [2.24, 2.45) is 11.8 Å². The predicted octanol–water partition coefficient (Wildman–Crippen LogP) is 11.0. The van der Waals surface area contributed by atoms with Crippen molar-refractivity contribution in [3.63, 3.8) is 0 Å². The molecule has 0 unspecified atom stereocenters. The van der Waals surface area contributed by atoms with E-state index in [0.717, 1.165) is 77.6 Å². The molecule has 0 heterocycles. The highest BCUT2D eigenvalue weighted by atomic mass is 16.6. The lowest BCUT2D eigenvalue weighted by molar-refractivity contribution is -0.0321. The standard InChI is InChI=1S/C94H130O26/c1-95-31-35-99-39-43-103-47-51-107-55-59-111-63-67-115-73-81(74-116-68-64-112-60-56-108-52-48-104-44-40-100-36-32-96-2)77-119-91-27-23-85(24-28-91)83-17-11-79(12-18-83)15-21-87-7-5-9-89-71-90-10-6-8-88(94(90)72-93(87)89)22-16-80-13-19-84(20-14-80)86-25-29-92(30-26-86)120-78-82(75-117-69-65-113-61-57-109-53-49-105-45-41-101-37-33-97-3)76-118-70-66-114-62-58-110-54-50-106-46-42-102-38-34-98-4/h5-14,17-20,23-30,71-72,81-82H,31-70,73-78H2,1-4H3. The monoisotopic (exact) mass is 1670 g/mol. The van der Waals surface area contributed by atoms with E-state index in [2.05, 4.69) is 145 Å². The molecule has 0 atom stereocenters. The lowest BCUT2D eigenvalue weighted by Gasteiger charge is -2.18. The first-order valence-electron chi connectivity index (χ1n) is 41.7. The molecule has 662 valence electrons. The van der Waals surface area contributed by atoms with Gasteiger partial charge < -0.3 is 123 Å². The largest absolute Gasteiger partial charge is 0.493 e. The Kier molecular flexibility index (Phi) is 57.7. The van der Waals surface area contributed by atoms with E-state index < -0.39 is 0 Å². The lowest BCUT2D eigenvalue weighted by atomic mass is 9.97. The third-order valence-electron chi connectivity index (χ3n) is 17.8. The van der Waals surface area contributed by atoms with Crippen LogP contribution in [0.5, 0.6) is 11.5 Å². The van der Waals surface area contributed by atoms with Gasteiger partial charge in [-0.25, -0.2) is 0 Å². The van der Waals surface area contributed by atoms with Crippen molar-refractivity contribution >= 4 is 21.5 Å². The molecule has 7 rings (SSSR count). The summed E-state index contributed by atoms with van der Waals surface area (Å²) in [6.07, 6.45) is 0. The maximum absolute atomic E-state index is 6.33. The number of hydrogen-bond donors (Lipinski definition) is 0. The molecule has 0 radical (unpaired) electrons. The molecule has 0 spiro atoms. The van der Waals surface area contributed by atoms with Crippen LogP contribution in [-0.4, -0.2) is 332 Å². The molecular formula is C94H130O26. The first-order chi connectivity index (χ1) is 59.5. The molecule has 0 N–H and O–H groups in total. The number of methoxy groups -OCH3 is 4. The Morgan fingerprint density at radius 1 is 0.200 bits per heavy atom. The highest BCUT2D eigenvalue weighted by molar-refractivity contribution is 6.03.